The summed E-state index contributed by atoms with van der Waals surface area (Å²) in [6.07, 6.45) is 3.45. The summed E-state index contributed by atoms with van der Waals surface area (Å²) in [5.74, 6) is 0.911. The highest BCUT2D eigenvalue weighted by molar-refractivity contribution is 7.13. The van der Waals surface area contributed by atoms with Crippen molar-refractivity contribution in [3.63, 3.8) is 0 Å². The summed E-state index contributed by atoms with van der Waals surface area (Å²) in [5, 5.41) is 6.37. The van der Waals surface area contributed by atoms with Crippen LogP contribution in [-0.4, -0.2) is 47.6 Å². The standard InChI is InChI=1S/C19H23N3O2S/c1-2-24-16-7-3-13(4-8-16)18-21-17(12-25-18)19(23)22-10-9-14-5-6-15(11-22)20-14/h3-4,7-8,12,14-15,20H,2,5-6,9-11H2,1H3. The van der Waals surface area contributed by atoms with Crippen LogP contribution in [0.3, 0.4) is 0 Å². The minimum Gasteiger partial charge on any atom is -0.494 e. The Morgan fingerprint density at radius 2 is 2.08 bits per heavy atom. The third-order valence-corrected chi connectivity index (χ3v) is 5.84. The highest BCUT2D eigenvalue weighted by Gasteiger charge is 2.32. The zero-order valence-corrected chi connectivity index (χ0v) is 15.2. The fraction of sp³-hybridized carbons (Fsp3) is 0.474. The second kappa shape index (κ2) is 7.14. The zero-order valence-electron chi connectivity index (χ0n) is 14.4. The molecule has 0 radical (unpaired) electrons. The van der Waals surface area contributed by atoms with Crippen LogP contribution < -0.4 is 10.1 Å². The predicted octanol–water partition coefficient (Wildman–Crippen LogP) is 3.18. The van der Waals surface area contributed by atoms with E-state index >= 15 is 0 Å². The quantitative estimate of drug-likeness (QED) is 0.913. The number of benzene rings is 1. The van der Waals surface area contributed by atoms with Gasteiger partial charge in [-0.15, -0.1) is 11.3 Å². The molecule has 132 valence electrons. The van der Waals surface area contributed by atoms with E-state index in [0.717, 1.165) is 35.8 Å². The molecule has 2 bridgehead atoms. The molecule has 0 spiro atoms. The number of nitrogens with one attached hydrogen (secondary N) is 1. The number of fused-ring (bicyclic) bond motifs is 2. The molecule has 1 N–H and O–H groups in total. The van der Waals surface area contributed by atoms with Gasteiger partial charge in [0.05, 0.1) is 6.61 Å². The van der Waals surface area contributed by atoms with Gasteiger partial charge in [-0.3, -0.25) is 4.79 Å². The van der Waals surface area contributed by atoms with E-state index in [1.165, 1.54) is 24.2 Å². The van der Waals surface area contributed by atoms with Crippen molar-refractivity contribution in [1.29, 1.82) is 0 Å². The number of rotatable bonds is 4. The van der Waals surface area contributed by atoms with Crippen molar-refractivity contribution in [1.82, 2.24) is 15.2 Å². The first-order valence-electron chi connectivity index (χ1n) is 8.97. The smallest absolute Gasteiger partial charge is 0.273 e. The maximum absolute atomic E-state index is 12.8. The van der Waals surface area contributed by atoms with E-state index in [0.29, 0.717) is 24.4 Å². The van der Waals surface area contributed by atoms with Gasteiger partial charge in [-0.05, 0) is 50.5 Å². The molecular weight excluding hydrogens is 334 g/mol. The fourth-order valence-corrected chi connectivity index (χ4v) is 4.45. The molecule has 0 saturated carbocycles. The second-order valence-electron chi connectivity index (χ2n) is 6.67. The number of amides is 1. The summed E-state index contributed by atoms with van der Waals surface area (Å²) in [6.45, 7) is 4.24. The number of hydrogen-bond acceptors (Lipinski definition) is 5. The Kier molecular flexibility index (Phi) is 4.72. The molecule has 1 amide bonds. The molecule has 2 unspecified atom stereocenters. The zero-order chi connectivity index (χ0) is 17.2. The Balaban J connectivity index is 1.47. The van der Waals surface area contributed by atoms with E-state index in [-0.39, 0.29) is 5.91 Å². The number of hydrogen-bond donors (Lipinski definition) is 1. The Morgan fingerprint density at radius 1 is 1.28 bits per heavy atom. The van der Waals surface area contributed by atoms with E-state index in [1.54, 1.807) is 0 Å². The Morgan fingerprint density at radius 3 is 2.88 bits per heavy atom. The van der Waals surface area contributed by atoms with Crippen LogP contribution in [0.2, 0.25) is 0 Å². The van der Waals surface area contributed by atoms with Gasteiger partial charge in [-0.25, -0.2) is 4.98 Å². The van der Waals surface area contributed by atoms with Gasteiger partial charge in [0.25, 0.3) is 5.91 Å². The summed E-state index contributed by atoms with van der Waals surface area (Å²) in [5.41, 5.74) is 1.58. The van der Waals surface area contributed by atoms with E-state index in [1.807, 2.05) is 41.5 Å². The number of likely N-dealkylation sites (tertiary alicyclic amines) is 1. The lowest BCUT2D eigenvalue weighted by Crippen LogP contribution is -2.39. The number of aromatic nitrogens is 1. The molecule has 1 aromatic heterocycles. The van der Waals surface area contributed by atoms with Crippen LogP contribution in [0.1, 0.15) is 36.7 Å². The van der Waals surface area contributed by atoms with Gasteiger partial charge in [0.2, 0.25) is 0 Å². The monoisotopic (exact) mass is 357 g/mol. The molecular formula is C19H23N3O2S. The molecule has 2 aromatic rings. The van der Waals surface area contributed by atoms with E-state index in [4.69, 9.17) is 4.74 Å². The third kappa shape index (κ3) is 3.55. The Labute approximate surface area is 152 Å². The molecule has 25 heavy (non-hydrogen) atoms. The first-order valence-corrected chi connectivity index (χ1v) is 9.85. The van der Waals surface area contributed by atoms with Crippen molar-refractivity contribution < 1.29 is 9.53 Å². The third-order valence-electron chi connectivity index (χ3n) is 4.95. The van der Waals surface area contributed by atoms with Gasteiger partial charge in [0.15, 0.2) is 0 Å². The molecule has 1 aromatic carbocycles. The molecule has 3 heterocycles. The first-order chi connectivity index (χ1) is 12.2. The van der Waals surface area contributed by atoms with Crippen LogP contribution in [0.4, 0.5) is 0 Å². The molecule has 6 heteroatoms. The maximum atomic E-state index is 12.8. The summed E-state index contributed by atoms with van der Waals surface area (Å²) < 4.78 is 5.47. The van der Waals surface area contributed by atoms with E-state index in [9.17, 15) is 4.79 Å². The van der Waals surface area contributed by atoms with Gasteiger partial charge in [0.1, 0.15) is 16.5 Å². The number of thiazole rings is 1. The molecule has 5 nitrogen and oxygen atoms in total. The van der Waals surface area contributed by atoms with Gasteiger partial charge in [-0.2, -0.15) is 0 Å². The Hall–Kier alpha value is -1.92. The van der Waals surface area contributed by atoms with Gasteiger partial charge >= 0.3 is 0 Å². The lowest BCUT2D eigenvalue weighted by atomic mass is 10.1. The fourth-order valence-electron chi connectivity index (χ4n) is 3.65. The normalized spacial score (nSPS) is 22.7. The van der Waals surface area contributed by atoms with Crippen LogP contribution in [0, 0.1) is 0 Å². The highest BCUT2D eigenvalue weighted by atomic mass is 32.1. The van der Waals surface area contributed by atoms with E-state index < -0.39 is 0 Å². The van der Waals surface area contributed by atoms with Gasteiger partial charge < -0.3 is 15.0 Å². The Bertz CT molecular complexity index is 743. The van der Waals surface area contributed by atoms with Crippen molar-refractivity contribution >= 4 is 17.2 Å². The van der Waals surface area contributed by atoms with Crippen LogP contribution in [0.15, 0.2) is 29.6 Å². The second-order valence-corrected chi connectivity index (χ2v) is 7.53. The SMILES string of the molecule is CCOc1ccc(-c2nc(C(=O)N3CCC4CCC(C3)N4)cs2)cc1. The molecule has 2 saturated heterocycles. The highest BCUT2D eigenvalue weighted by Crippen LogP contribution is 2.27. The van der Waals surface area contributed by atoms with Crippen molar-refractivity contribution in [2.24, 2.45) is 0 Å². The molecule has 2 atom stereocenters. The van der Waals surface area contributed by atoms with Crippen LogP contribution in [-0.2, 0) is 0 Å². The van der Waals surface area contributed by atoms with Crippen LogP contribution in [0.5, 0.6) is 5.75 Å². The summed E-state index contributed by atoms with van der Waals surface area (Å²) >= 11 is 1.52. The summed E-state index contributed by atoms with van der Waals surface area (Å²) in [7, 11) is 0. The van der Waals surface area contributed by atoms with Crippen molar-refractivity contribution in [3.8, 4) is 16.3 Å². The molecule has 0 aliphatic carbocycles. The maximum Gasteiger partial charge on any atom is 0.273 e. The topological polar surface area (TPSA) is 54.5 Å². The molecule has 4 rings (SSSR count). The summed E-state index contributed by atoms with van der Waals surface area (Å²) in [4.78, 5) is 19.4. The first kappa shape index (κ1) is 16.5. The van der Waals surface area contributed by atoms with Crippen molar-refractivity contribution in [2.45, 2.75) is 38.3 Å². The minimum absolute atomic E-state index is 0.0581. The number of carbonyl (C=O) groups is 1. The van der Waals surface area contributed by atoms with Gasteiger partial charge in [-0.1, -0.05) is 0 Å². The minimum atomic E-state index is 0.0581. The van der Waals surface area contributed by atoms with Crippen molar-refractivity contribution in [3.05, 3.63) is 35.3 Å². The summed E-state index contributed by atoms with van der Waals surface area (Å²) in [6, 6.07) is 8.90. The van der Waals surface area contributed by atoms with Crippen LogP contribution in [0.25, 0.3) is 10.6 Å². The number of nitrogens with zero attached hydrogens (tertiary/aromatic N) is 2. The number of carbonyl (C=O) groups excluding carboxylic acids is 1. The molecule has 2 aliphatic heterocycles. The number of ether oxygens (including phenoxy) is 1. The lowest BCUT2D eigenvalue weighted by Gasteiger charge is -2.23. The average Bonchev–Trinajstić information content (AvgIpc) is 3.22. The van der Waals surface area contributed by atoms with Crippen LogP contribution >= 0.6 is 11.3 Å². The van der Waals surface area contributed by atoms with Gasteiger partial charge in [0, 0.05) is 36.1 Å². The predicted molar refractivity (Wildman–Crippen MR) is 99.2 cm³/mol. The lowest BCUT2D eigenvalue weighted by molar-refractivity contribution is 0.0743. The molecule has 2 fully saturated rings. The molecule has 2 aliphatic rings. The largest absolute Gasteiger partial charge is 0.494 e. The average molecular weight is 357 g/mol. The van der Waals surface area contributed by atoms with Crippen molar-refractivity contribution in [2.75, 3.05) is 19.7 Å². The van der Waals surface area contributed by atoms with E-state index in [2.05, 4.69) is 10.3 Å².